The van der Waals surface area contributed by atoms with Crippen LogP contribution in [0.5, 0.6) is 0 Å². The molecule has 0 aliphatic carbocycles. The highest BCUT2D eigenvalue weighted by Gasteiger charge is 2.38. The number of nitrogens with one attached hydrogen (secondary N) is 2. The number of nitrogens with zero attached hydrogens (tertiary/aromatic N) is 4. The summed E-state index contributed by atoms with van der Waals surface area (Å²) in [7, 11) is 0. The van der Waals surface area contributed by atoms with Crippen LogP contribution in [0.1, 0.15) is 68.6 Å². The van der Waals surface area contributed by atoms with Crippen LogP contribution in [0.2, 0.25) is 0 Å². The molecule has 2 N–H and O–H groups in total. The monoisotopic (exact) mass is 395 g/mol. The number of hydrogen-bond donors (Lipinski definition) is 2. The fourth-order valence-electron chi connectivity index (χ4n) is 4.53. The number of H-pyrrole nitrogens is 1. The van der Waals surface area contributed by atoms with Gasteiger partial charge in [-0.15, -0.1) is 5.10 Å². The third-order valence-corrected chi connectivity index (χ3v) is 6.48. The molecule has 0 unspecified atom stereocenters. The van der Waals surface area contributed by atoms with Gasteiger partial charge in [-0.3, -0.25) is 4.79 Å². The molecule has 154 valence electrons. The molecule has 1 aliphatic heterocycles. The molecule has 3 heterocycles. The molecule has 1 aromatic carbocycles. The lowest BCUT2D eigenvalue weighted by Gasteiger charge is -2.29. The summed E-state index contributed by atoms with van der Waals surface area (Å²) in [6, 6.07) is 6.12. The van der Waals surface area contributed by atoms with Gasteiger partial charge in [0.2, 0.25) is 5.82 Å². The van der Waals surface area contributed by atoms with Crippen LogP contribution < -0.4 is 10.5 Å². The molecule has 1 atom stereocenters. The normalized spacial score (nSPS) is 16.6. The van der Waals surface area contributed by atoms with Crippen molar-refractivity contribution in [1.29, 1.82) is 0 Å². The van der Waals surface area contributed by atoms with Gasteiger partial charge in [-0.25, -0.2) is 4.68 Å². The first kappa shape index (κ1) is 19.8. The van der Waals surface area contributed by atoms with Gasteiger partial charge >= 0.3 is 0 Å². The number of aromatic nitrogens is 5. The van der Waals surface area contributed by atoms with Crippen molar-refractivity contribution in [3.05, 3.63) is 51.1 Å². The maximum absolute atomic E-state index is 13.2. The van der Waals surface area contributed by atoms with Crippen LogP contribution in [0.25, 0.3) is 10.9 Å². The van der Waals surface area contributed by atoms with Crippen LogP contribution >= 0.6 is 0 Å². The van der Waals surface area contributed by atoms with Gasteiger partial charge < -0.3 is 9.88 Å². The van der Waals surface area contributed by atoms with Crippen molar-refractivity contribution >= 4 is 10.9 Å². The summed E-state index contributed by atoms with van der Waals surface area (Å²) < 4.78 is 1.92. The SMILES string of the molecule is CCC(C)(C)n1nnnc1[C@H](c1cc2cc(C)cc(C)c2[nH]c1=O)[NH+]1CCCC1. The number of aryl methyl sites for hydroxylation is 2. The number of fused-ring (bicyclic) bond motifs is 1. The molecule has 1 saturated heterocycles. The van der Waals surface area contributed by atoms with E-state index in [9.17, 15) is 4.79 Å². The quantitative estimate of drug-likeness (QED) is 0.693. The zero-order chi connectivity index (χ0) is 20.8. The molecule has 4 rings (SSSR count). The molecule has 2 aromatic heterocycles. The van der Waals surface area contributed by atoms with Crippen molar-refractivity contribution in [2.45, 2.75) is 65.5 Å². The van der Waals surface area contributed by atoms with Crippen LogP contribution in [-0.4, -0.2) is 38.3 Å². The fourth-order valence-corrected chi connectivity index (χ4v) is 4.53. The van der Waals surface area contributed by atoms with Gasteiger partial charge in [-0.1, -0.05) is 18.6 Å². The summed E-state index contributed by atoms with van der Waals surface area (Å²) in [5.74, 6) is 0.781. The summed E-state index contributed by atoms with van der Waals surface area (Å²) in [4.78, 5) is 17.8. The highest BCUT2D eigenvalue weighted by atomic mass is 16.1. The number of aromatic amines is 1. The topological polar surface area (TPSA) is 80.9 Å². The van der Waals surface area contributed by atoms with Gasteiger partial charge in [0.15, 0.2) is 6.04 Å². The summed E-state index contributed by atoms with van der Waals surface area (Å²) in [5.41, 5.74) is 3.68. The minimum atomic E-state index is -0.215. The van der Waals surface area contributed by atoms with Gasteiger partial charge in [0.25, 0.3) is 5.56 Å². The van der Waals surface area contributed by atoms with Crippen molar-refractivity contribution in [3.63, 3.8) is 0 Å². The molecular weight excluding hydrogens is 364 g/mol. The van der Waals surface area contributed by atoms with E-state index < -0.39 is 0 Å². The Bertz CT molecular complexity index is 1090. The maximum Gasteiger partial charge on any atom is 0.258 e. The Balaban J connectivity index is 1.94. The summed E-state index contributed by atoms with van der Waals surface area (Å²) in [6.07, 6.45) is 3.22. The molecule has 0 spiro atoms. The first-order valence-corrected chi connectivity index (χ1v) is 10.6. The smallest absolute Gasteiger partial charge is 0.258 e. The minimum absolute atomic E-state index is 0.0438. The summed E-state index contributed by atoms with van der Waals surface area (Å²) in [6.45, 7) is 12.6. The molecule has 0 saturated carbocycles. The highest BCUT2D eigenvalue weighted by Crippen LogP contribution is 2.26. The Kier molecular flexibility index (Phi) is 5.02. The fraction of sp³-hybridized carbons (Fsp3) is 0.545. The molecule has 29 heavy (non-hydrogen) atoms. The van der Waals surface area contributed by atoms with Crippen molar-refractivity contribution < 1.29 is 4.90 Å². The Morgan fingerprint density at radius 2 is 1.93 bits per heavy atom. The van der Waals surface area contributed by atoms with Gasteiger partial charge in [-0.05, 0) is 67.6 Å². The van der Waals surface area contributed by atoms with Gasteiger partial charge in [-0.2, -0.15) is 0 Å². The lowest BCUT2D eigenvalue weighted by molar-refractivity contribution is -0.914. The van der Waals surface area contributed by atoms with E-state index in [1.165, 1.54) is 10.5 Å². The highest BCUT2D eigenvalue weighted by molar-refractivity contribution is 5.83. The van der Waals surface area contributed by atoms with E-state index in [0.717, 1.165) is 60.2 Å². The van der Waals surface area contributed by atoms with Crippen molar-refractivity contribution in [2.24, 2.45) is 0 Å². The molecule has 0 bridgehead atoms. The number of tetrazole rings is 1. The third-order valence-electron chi connectivity index (χ3n) is 6.48. The van der Waals surface area contributed by atoms with E-state index in [2.05, 4.69) is 66.4 Å². The van der Waals surface area contributed by atoms with E-state index >= 15 is 0 Å². The van der Waals surface area contributed by atoms with E-state index in [0.29, 0.717) is 0 Å². The molecule has 0 radical (unpaired) electrons. The average Bonchev–Trinajstić information content (AvgIpc) is 3.36. The van der Waals surface area contributed by atoms with Crippen LogP contribution in [0, 0.1) is 13.8 Å². The van der Waals surface area contributed by atoms with E-state index in [1.54, 1.807) is 0 Å². The lowest BCUT2D eigenvalue weighted by atomic mass is 9.98. The zero-order valence-electron chi connectivity index (χ0n) is 18.0. The Morgan fingerprint density at radius 3 is 2.62 bits per heavy atom. The number of pyridine rings is 1. The predicted octanol–water partition coefficient (Wildman–Crippen LogP) is 2.04. The van der Waals surface area contributed by atoms with E-state index in [-0.39, 0.29) is 17.1 Å². The van der Waals surface area contributed by atoms with Crippen LogP contribution in [0.15, 0.2) is 23.0 Å². The average molecular weight is 396 g/mol. The second-order valence-electron chi connectivity index (χ2n) is 9.01. The first-order chi connectivity index (χ1) is 13.8. The minimum Gasteiger partial charge on any atom is -0.322 e. The zero-order valence-corrected chi connectivity index (χ0v) is 18.0. The summed E-state index contributed by atoms with van der Waals surface area (Å²) >= 11 is 0. The summed E-state index contributed by atoms with van der Waals surface area (Å²) in [5, 5.41) is 13.8. The predicted molar refractivity (Wildman–Crippen MR) is 113 cm³/mol. The number of quaternary nitrogens is 1. The molecule has 7 nitrogen and oxygen atoms in total. The van der Waals surface area contributed by atoms with E-state index in [4.69, 9.17) is 0 Å². The maximum atomic E-state index is 13.2. The van der Waals surface area contributed by atoms with Gasteiger partial charge in [0, 0.05) is 12.8 Å². The standard InChI is InChI=1S/C22H30N6O/c1-6-22(4,5)28-20(24-25-26-28)19(27-9-7-8-10-27)17-13-16-12-14(2)11-15(3)18(16)23-21(17)29/h11-13,19H,6-10H2,1-5H3,(H,23,29)/p+1/t19-/m0/s1. The number of benzene rings is 1. The van der Waals surface area contributed by atoms with Gasteiger partial charge in [0.1, 0.15) is 0 Å². The molecule has 1 aliphatic rings. The second-order valence-corrected chi connectivity index (χ2v) is 9.01. The first-order valence-electron chi connectivity index (χ1n) is 10.6. The second kappa shape index (κ2) is 7.37. The van der Waals surface area contributed by atoms with Gasteiger partial charge in [0.05, 0.1) is 29.7 Å². The Labute approximate surface area is 171 Å². The molecule has 7 heteroatoms. The van der Waals surface area contributed by atoms with Crippen LogP contribution in [-0.2, 0) is 5.54 Å². The van der Waals surface area contributed by atoms with Crippen LogP contribution in [0.3, 0.4) is 0 Å². The van der Waals surface area contributed by atoms with Crippen molar-refractivity contribution in [2.75, 3.05) is 13.1 Å². The van der Waals surface area contributed by atoms with Crippen LogP contribution in [0.4, 0.5) is 0 Å². The molecule has 3 aromatic rings. The third kappa shape index (κ3) is 3.48. The number of hydrogen-bond acceptors (Lipinski definition) is 4. The van der Waals surface area contributed by atoms with Crippen molar-refractivity contribution in [3.8, 4) is 0 Å². The Morgan fingerprint density at radius 1 is 1.21 bits per heavy atom. The molecular formula is C22H31N6O+. The van der Waals surface area contributed by atoms with Crippen molar-refractivity contribution in [1.82, 2.24) is 25.2 Å². The molecule has 0 amide bonds. The number of likely N-dealkylation sites (tertiary alicyclic amines) is 1. The van der Waals surface area contributed by atoms with E-state index in [1.807, 2.05) is 11.6 Å². The number of rotatable bonds is 5. The lowest BCUT2D eigenvalue weighted by Crippen LogP contribution is -3.10. The molecule has 1 fully saturated rings. The Hall–Kier alpha value is -2.54. The largest absolute Gasteiger partial charge is 0.322 e.